The third-order valence-corrected chi connectivity index (χ3v) is 6.28. The van der Waals surface area contributed by atoms with Crippen molar-refractivity contribution < 1.29 is 24.3 Å². The predicted octanol–water partition coefficient (Wildman–Crippen LogP) is 4.59. The number of aldehydes is 1. The van der Waals surface area contributed by atoms with Gasteiger partial charge in [-0.25, -0.2) is 0 Å². The molecule has 0 atom stereocenters. The summed E-state index contributed by atoms with van der Waals surface area (Å²) >= 11 is 0. The number of carboxylic acids is 1. The fraction of sp³-hybridized carbons (Fsp3) is 0.344. The van der Waals surface area contributed by atoms with Gasteiger partial charge >= 0.3 is 5.97 Å². The summed E-state index contributed by atoms with van der Waals surface area (Å²) in [5.74, 6) is -1.23. The molecule has 0 aliphatic heterocycles. The molecular weight excluding hydrogens is 548 g/mol. The molecule has 11 heteroatoms. The topological polar surface area (TPSA) is 182 Å². The van der Waals surface area contributed by atoms with Crippen LogP contribution < -0.4 is 22.1 Å². The van der Waals surface area contributed by atoms with Crippen molar-refractivity contribution >= 4 is 35.8 Å². The van der Waals surface area contributed by atoms with E-state index in [1.807, 2.05) is 79.1 Å². The molecule has 2 aromatic carbocycles. The average molecular weight is 591 g/mol. The number of benzene rings is 2. The smallest absolute Gasteiger partial charge is 0.303 e. The standard InChI is InChI=1S/C30H38N6O4.C2H4O/c1-20(2)36-27(22-14-7-4-8-15-22)25(21-12-5-3-6-13-21)26(28(36)35-23(37)16-11-17-24(38)39)29(40)33-18-9-10-19-34-30(31)32;1-2-3/h3-8,12-15,20H,9-11,16-19H2,1-2H3,(H,33,40)(H,35,37)(H,38,39)(H4,31,32,34);2H,1H3. The van der Waals surface area contributed by atoms with Gasteiger partial charge in [-0.2, -0.15) is 0 Å². The highest BCUT2D eigenvalue weighted by molar-refractivity contribution is 6.12. The maximum Gasteiger partial charge on any atom is 0.303 e. The monoisotopic (exact) mass is 590 g/mol. The van der Waals surface area contributed by atoms with Crippen LogP contribution in [0.25, 0.3) is 22.4 Å². The number of nitrogens with one attached hydrogen (secondary N) is 2. The summed E-state index contributed by atoms with van der Waals surface area (Å²) in [5, 5.41) is 15.0. The van der Waals surface area contributed by atoms with Crippen LogP contribution >= 0.6 is 0 Å². The van der Waals surface area contributed by atoms with Crippen molar-refractivity contribution in [1.29, 1.82) is 0 Å². The van der Waals surface area contributed by atoms with Gasteiger partial charge in [0.1, 0.15) is 12.1 Å². The van der Waals surface area contributed by atoms with Crippen LogP contribution in [0.2, 0.25) is 0 Å². The molecule has 11 nitrogen and oxygen atoms in total. The number of rotatable bonds is 14. The normalized spacial score (nSPS) is 10.3. The molecule has 0 saturated heterocycles. The number of carbonyl (C=O) groups is 4. The Hall–Kier alpha value is -4.93. The van der Waals surface area contributed by atoms with Crippen LogP contribution in [-0.4, -0.2) is 52.8 Å². The van der Waals surface area contributed by atoms with E-state index in [2.05, 4.69) is 15.6 Å². The first-order valence-electron chi connectivity index (χ1n) is 14.3. The molecular formula is C32H42N6O5. The van der Waals surface area contributed by atoms with Crippen LogP contribution in [0, 0.1) is 0 Å². The minimum atomic E-state index is -0.962. The quantitative estimate of drug-likeness (QED) is 0.0787. The lowest BCUT2D eigenvalue weighted by Crippen LogP contribution is -2.27. The van der Waals surface area contributed by atoms with Crippen molar-refractivity contribution in [3.63, 3.8) is 0 Å². The minimum Gasteiger partial charge on any atom is -0.481 e. The van der Waals surface area contributed by atoms with Gasteiger partial charge in [-0.15, -0.1) is 0 Å². The van der Waals surface area contributed by atoms with Crippen LogP contribution in [0.5, 0.6) is 0 Å². The molecule has 1 aromatic heterocycles. The number of aliphatic imine (C=N–C) groups is 1. The first kappa shape index (κ1) is 34.3. The Morgan fingerprint density at radius 1 is 0.930 bits per heavy atom. The number of hydrogen-bond acceptors (Lipinski definition) is 5. The van der Waals surface area contributed by atoms with Crippen molar-refractivity contribution in [2.24, 2.45) is 16.5 Å². The molecule has 0 unspecified atom stereocenters. The summed E-state index contributed by atoms with van der Waals surface area (Å²) in [5.41, 5.74) is 14.4. The molecule has 3 rings (SSSR count). The van der Waals surface area contributed by atoms with Gasteiger partial charge in [0, 0.05) is 37.5 Å². The number of nitrogens with zero attached hydrogens (tertiary/aromatic N) is 2. The molecule has 0 aliphatic rings. The zero-order valence-electron chi connectivity index (χ0n) is 25.0. The molecule has 43 heavy (non-hydrogen) atoms. The van der Waals surface area contributed by atoms with E-state index in [-0.39, 0.29) is 43.1 Å². The van der Waals surface area contributed by atoms with Crippen LogP contribution in [0.3, 0.4) is 0 Å². The minimum absolute atomic E-state index is 0.0166. The molecule has 0 bridgehead atoms. The Balaban J connectivity index is 0.00000206. The Morgan fingerprint density at radius 3 is 2.05 bits per heavy atom. The molecule has 2 amide bonds. The van der Waals surface area contributed by atoms with Crippen LogP contribution in [0.1, 0.15) is 69.3 Å². The lowest BCUT2D eigenvalue weighted by Gasteiger charge is -2.19. The van der Waals surface area contributed by atoms with Crippen molar-refractivity contribution in [3.8, 4) is 22.4 Å². The molecule has 3 aromatic rings. The van der Waals surface area contributed by atoms with Gasteiger partial charge in [-0.05, 0) is 51.2 Å². The van der Waals surface area contributed by atoms with E-state index in [0.29, 0.717) is 42.9 Å². The van der Waals surface area contributed by atoms with Crippen molar-refractivity contribution in [2.75, 3.05) is 18.4 Å². The summed E-state index contributed by atoms with van der Waals surface area (Å²) in [6.07, 6.45) is 2.20. The predicted molar refractivity (Wildman–Crippen MR) is 170 cm³/mol. The molecule has 1 heterocycles. The van der Waals surface area contributed by atoms with Crippen molar-refractivity contribution in [2.45, 2.75) is 58.9 Å². The lowest BCUT2D eigenvalue weighted by molar-refractivity contribution is -0.137. The largest absolute Gasteiger partial charge is 0.481 e. The Morgan fingerprint density at radius 2 is 1.51 bits per heavy atom. The van der Waals surface area contributed by atoms with Crippen LogP contribution in [0.15, 0.2) is 65.7 Å². The van der Waals surface area contributed by atoms with E-state index in [9.17, 15) is 14.4 Å². The van der Waals surface area contributed by atoms with E-state index in [0.717, 1.165) is 23.1 Å². The fourth-order valence-corrected chi connectivity index (χ4v) is 4.55. The van der Waals surface area contributed by atoms with Gasteiger partial charge in [0.2, 0.25) is 5.91 Å². The SMILES string of the molecule is CC(C)n1c(NC(=O)CCCC(=O)O)c(C(=O)NCCCCN=C(N)N)c(-c2ccccc2)c1-c1ccccc1.CC=O. The number of carboxylic acid groups (broad SMARTS) is 1. The lowest BCUT2D eigenvalue weighted by atomic mass is 9.97. The van der Waals surface area contributed by atoms with E-state index < -0.39 is 5.97 Å². The number of hydrogen-bond donors (Lipinski definition) is 5. The summed E-state index contributed by atoms with van der Waals surface area (Å²) in [4.78, 5) is 50.7. The molecule has 0 fully saturated rings. The number of carbonyl (C=O) groups excluding carboxylic acids is 3. The number of unbranched alkanes of at least 4 members (excludes halogenated alkanes) is 1. The van der Waals surface area contributed by atoms with E-state index in [1.165, 1.54) is 6.92 Å². The van der Waals surface area contributed by atoms with Gasteiger partial charge in [0.05, 0.1) is 11.3 Å². The number of guanidine groups is 1. The Bertz CT molecular complexity index is 1380. The summed E-state index contributed by atoms with van der Waals surface area (Å²) in [7, 11) is 0. The fourth-order valence-electron chi connectivity index (χ4n) is 4.55. The first-order valence-corrected chi connectivity index (χ1v) is 14.3. The second kappa shape index (κ2) is 17.8. The number of aromatic nitrogens is 1. The average Bonchev–Trinajstić information content (AvgIpc) is 3.30. The molecule has 0 radical (unpaired) electrons. The molecule has 7 N–H and O–H groups in total. The van der Waals surface area contributed by atoms with Crippen LogP contribution in [-0.2, 0) is 14.4 Å². The highest BCUT2D eigenvalue weighted by atomic mass is 16.4. The van der Waals surface area contributed by atoms with E-state index >= 15 is 0 Å². The van der Waals surface area contributed by atoms with Crippen molar-refractivity contribution in [3.05, 3.63) is 66.2 Å². The van der Waals surface area contributed by atoms with Gasteiger partial charge in [0.25, 0.3) is 5.91 Å². The summed E-state index contributed by atoms with van der Waals surface area (Å²) in [6, 6.07) is 19.2. The maximum atomic E-state index is 13.9. The maximum absolute atomic E-state index is 13.9. The second-order valence-corrected chi connectivity index (χ2v) is 9.94. The highest BCUT2D eigenvalue weighted by Crippen LogP contribution is 2.43. The number of nitrogens with two attached hydrogens (primary N) is 2. The highest BCUT2D eigenvalue weighted by Gasteiger charge is 2.31. The van der Waals surface area contributed by atoms with E-state index in [1.54, 1.807) is 0 Å². The first-order chi connectivity index (χ1) is 20.6. The Labute approximate surface area is 252 Å². The molecule has 0 saturated carbocycles. The number of amides is 2. The van der Waals surface area contributed by atoms with Crippen molar-refractivity contribution in [1.82, 2.24) is 9.88 Å². The Kier molecular flexibility index (Phi) is 14.2. The third kappa shape index (κ3) is 10.4. The number of anilines is 1. The summed E-state index contributed by atoms with van der Waals surface area (Å²) < 4.78 is 1.97. The second-order valence-electron chi connectivity index (χ2n) is 9.94. The van der Waals surface area contributed by atoms with Gasteiger partial charge in [-0.1, -0.05) is 60.7 Å². The van der Waals surface area contributed by atoms with Gasteiger partial charge < -0.3 is 36.6 Å². The van der Waals surface area contributed by atoms with Crippen LogP contribution in [0.4, 0.5) is 5.82 Å². The zero-order valence-corrected chi connectivity index (χ0v) is 25.0. The van der Waals surface area contributed by atoms with Gasteiger partial charge in [0.15, 0.2) is 5.96 Å². The molecule has 0 aliphatic carbocycles. The van der Waals surface area contributed by atoms with E-state index in [4.69, 9.17) is 21.4 Å². The molecule has 230 valence electrons. The summed E-state index contributed by atoms with van der Waals surface area (Å²) in [6.45, 7) is 6.29. The van der Waals surface area contributed by atoms with Gasteiger partial charge in [-0.3, -0.25) is 19.4 Å². The zero-order chi connectivity index (χ0) is 31.8. The third-order valence-electron chi connectivity index (χ3n) is 6.28. The molecule has 0 spiro atoms. The number of aliphatic carboxylic acids is 1.